The van der Waals surface area contributed by atoms with Gasteiger partial charge in [0.2, 0.25) is 0 Å². The SMILES string of the molecule is CCS[C@H]1O[C@H](COC(C)=O)[C@@H](OC(C)=O)[C@H](OC(C)=O)[C@@H]1O[C@@H]1OC[C@@H](OC(C)=O)[C@H](OC(C)=O)[C@H]1OC(C)=O. The Morgan fingerprint density at radius 2 is 1.17 bits per heavy atom. The van der Waals surface area contributed by atoms with Gasteiger partial charge in [-0.15, -0.1) is 11.8 Å². The first kappa shape index (κ1) is 34.3. The molecule has 9 atom stereocenters. The number of hydrogen-bond donors (Lipinski definition) is 0. The summed E-state index contributed by atoms with van der Waals surface area (Å²) in [7, 11) is 0. The van der Waals surface area contributed by atoms with E-state index in [-0.39, 0.29) is 13.2 Å². The summed E-state index contributed by atoms with van der Waals surface area (Å²) in [6.45, 7) is 8.01. The largest absolute Gasteiger partial charge is 0.463 e. The molecule has 2 fully saturated rings. The van der Waals surface area contributed by atoms with Gasteiger partial charge in [0.25, 0.3) is 0 Å². The minimum Gasteiger partial charge on any atom is -0.463 e. The van der Waals surface area contributed by atoms with Crippen molar-refractivity contribution in [2.75, 3.05) is 19.0 Å². The van der Waals surface area contributed by atoms with Crippen molar-refractivity contribution in [1.82, 2.24) is 0 Å². The molecule has 2 rings (SSSR count). The van der Waals surface area contributed by atoms with Gasteiger partial charge in [0.05, 0.1) is 6.61 Å². The predicted octanol–water partition coefficient (Wildman–Crippen LogP) is 0.428. The van der Waals surface area contributed by atoms with Crippen LogP contribution >= 0.6 is 11.8 Å². The molecule has 0 aliphatic carbocycles. The first-order valence-corrected chi connectivity index (χ1v) is 13.8. The van der Waals surface area contributed by atoms with E-state index in [0.717, 1.165) is 34.6 Å². The Hall–Kier alpha value is -2.95. The summed E-state index contributed by atoms with van der Waals surface area (Å²) in [5.74, 6) is -3.86. The van der Waals surface area contributed by atoms with Gasteiger partial charge >= 0.3 is 35.8 Å². The fourth-order valence-electron chi connectivity index (χ4n) is 4.29. The highest BCUT2D eigenvalue weighted by Gasteiger charge is 2.55. The van der Waals surface area contributed by atoms with Gasteiger partial charge in [0.15, 0.2) is 36.8 Å². The minimum atomic E-state index is -1.45. The number of thioether (sulfide) groups is 1. The van der Waals surface area contributed by atoms with E-state index in [2.05, 4.69) is 0 Å². The summed E-state index contributed by atoms with van der Waals surface area (Å²) in [6.07, 6.45) is -10.2. The van der Waals surface area contributed by atoms with Crippen LogP contribution in [0.1, 0.15) is 48.5 Å². The Morgan fingerprint density at radius 1 is 0.659 bits per heavy atom. The van der Waals surface area contributed by atoms with Crippen LogP contribution in [0.3, 0.4) is 0 Å². The van der Waals surface area contributed by atoms with Gasteiger partial charge in [-0.1, -0.05) is 6.92 Å². The number of carbonyl (C=O) groups is 6. The molecule has 0 aromatic carbocycles. The lowest BCUT2D eigenvalue weighted by Crippen LogP contribution is -2.64. The average molecular weight is 609 g/mol. The highest BCUT2D eigenvalue weighted by Crippen LogP contribution is 2.36. The Morgan fingerprint density at radius 3 is 1.68 bits per heavy atom. The highest BCUT2D eigenvalue weighted by atomic mass is 32.2. The molecule has 0 bridgehead atoms. The maximum Gasteiger partial charge on any atom is 0.303 e. The van der Waals surface area contributed by atoms with Gasteiger partial charge in [-0.25, -0.2) is 0 Å². The molecule has 0 radical (unpaired) electrons. The van der Waals surface area contributed by atoms with Gasteiger partial charge in [-0.05, 0) is 5.75 Å². The van der Waals surface area contributed by atoms with Crippen molar-refractivity contribution in [3.63, 3.8) is 0 Å². The molecule has 2 saturated heterocycles. The third-order valence-electron chi connectivity index (χ3n) is 5.57. The molecule has 15 nitrogen and oxygen atoms in total. The van der Waals surface area contributed by atoms with Crippen LogP contribution in [0.25, 0.3) is 0 Å². The van der Waals surface area contributed by atoms with Crippen molar-refractivity contribution in [1.29, 1.82) is 0 Å². The molecule has 0 N–H and O–H groups in total. The van der Waals surface area contributed by atoms with Gasteiger partial charge in [0.1, 0.15) is 24.3 Å². The van der Waals surface area contributed by atoms with E-state index in [9.17, 15) is 28.8 Å². The summed E-state index contributed by atoms with van der Waals surface area (Å²) in [6, 6.07) is 0. The predicted molar refractivity (Wildman–Crippen MR) is 136 cm³/mol. The van der Waals surface area contributed by atoms with Crippen molar-refractivity contribution >= 4 is 47.6 Å². The standard InChI is InChI=1S/C25H36O15S/c1-8-41-25-23(21(37-15(6)30)19(35-13(4)28)18(39-25)9-32-11(2)26)40-24-22(38-16(7)31)20(36-14(5)29)17(10-33-24)34-12(3)27/h17-25H,8-10H2,1-7H3/t17-,18-,19-,20+,21+,22-,23+,24+,25-/m1/s1. The zero-order valence-corrected chi connectivity index (χ0v) is 24.7. The topological polar surface area (TPSA) is 185 Å². The van der Waals surface area contributed by atoms with Gasteiger partial charge < -0.3 is 42.6 Å². The van der Waals surface area contributed by atoms with Gasteiger partial charge in [-0.3, -0.25) is 28.8 Å². The zero-order valence-electron chi connectivity index (χ0n) is 23.8. The number of rotatable bonds is 11. The van der Waals surface area contributed by atoms with Crippen LogP contribution in [0.4, 0.5) is 0 Å². The van der Waals surface area contributed by atoms with Crippen LogP contribution in [0, 0.1) is 0 Å². The van der Waals surface area contributed by atoms with Crippen LogP contribution in [0.15, 0.2) is 0 Å². The Balaban J connectivity index is 2.52. The van der Waals surface area contributed by atoms with E-state index in [1.807, 2.05) is 6.92 Å². The fourth-order valence-corrected chi connectivity index (χ4v) is 5.25. The summed E-state index contributed by atoms with van der Waals surface area (Å²) in [5, 5.41) is 0. The first-order valence-electron chi connectivity index (χ1n) is 12.8. The third kappa shape index (κ3) is 10.4. The van der Waals surface area contributed by atoms with Crippen LogP contribution < -0.4 is 0 Å². The van der Waals surface area contributed by atoms with Crippen molar-refractivity contribution in [2.45, 2.75) is 103 Å². The van der Waals surface area contributed by atoms with Crippen LogP contribution in [-0.2, 0) is 71.4 Å². The molecule has 2 aliphatic heterocycles. The van der Waals surface area contributed by atoms with Crippen molar-refractivity contribution in [3.8, 4) is 0 Å². The molecular weight excluding hydrogens is 572 g/mol. The third-order valence-corrected chi connectivity index (χ3v) is 6.61. The molecule has 0 amide bonds. The van der Waals surface area contributed by atoms with Crippen molar-refractivity contribution in [2.24, 2.45) is 0 Å². The lowest BCUT2D eigenvalue weighted by Gasteiger charge is -2.47. The molecule has 0 unspecified atom stereocenters. The molecular formula is C25H36O15S. The summed E-state index contributed by atoms with van der Waals surface area (Å²) < 4.78 is 50.2. The van der Waals surface area contributed by atoms with Crippen molar-refractivity contribution in [3.05, 3.63) is 0 Å². The molecule has 2 heterocycles. The molecule has 2 aliphatic rings. The van der Waals surface area contributed by atoms with Crippen LogP contribution in [0.5, 0.6) is 0 Å². The van der Waals surface area contributed by atoms with E-state index in [4.69, 9.17) is 42.6 Å². The van der Waals surface area contributed by atoms with Crippen LogP contribution in [-0.4, -0.2) is 109 Å². The van der Waals surface area contributed by atoms with E-state index < -0.39 is 90.3 Å². The maximum absolute atomic E-state index is 12.2. The minimum absolute atomic E-state index is 0.320. The molecule has 0 saturated carbocycles. The summed E-state index contributed by atoms with van der Waals surface area (Å²) in [5.41, 5.74) is -0.906. The number of ether oxygens (including phenoxy) is 9. The first-order chi connectivity index (χ1) is 19.2. The number of esters is 6. The Kier molecular flexibility index (Phi) is 13.3. The molecule has 0 aromatic heterocycles. The van der Waals surface area contributed by atoms with Gasteiger partial charge in [-0.2, -0.15) is 0 Å². The molecule has 0 aromatic rings. The number of hydrogen-bond acceptors (Lipinski definition) is 16. The summed E-state index contributed by atoms with van der Waals surface area (Å²) >= 11 is 1.24. The second kappa shape index (κ2) is 15.9. The zero-order chi connectivity index (χ0) is 30.9. The quantitative estimate of drug-likeness (QED) is 0.232. The normalized spacial score (nSPS) is 31.2. The highest BCUT2D eigenvalue weighted by molar-refractivity contribution is 7.99. The lowest BCUT2D eigenvalue weighted by molar-refractivity contribution is -0.319. The fraction of sp³-hybridized carbons (Fsp3) is 0.760. The van der Waals surface area contributed by atoms with Crippen LogP contribution in [0.2, 0.25) is 0 Å². The second-order valence-corrected chi connectivity index (χ2v) is 10.4. The van der Waals surface area contributed by atoms with Crippen molar-refractivity contribution < 1.29 is 71.4 Å². The van der Waals surface area contributed by atoms with E-state index in [1.54, 1.807) is 0 Å². The van der Waals surface area contributed by atoms with E-state index in [1.165, 1.54) is 18.7 Å². The monoisotopic (exact) mass is 608 g/mol. The lowest BCUT2D eigenvalue weighted by atomic mass is 9.98. The van der Waals surface area contributed by atoms with E-state index in [0.29, 0.717) is 5.75 Å². The second-order valence-electron chi connectivity index (χ2n) is 9.05. The smallest absolute Gasteiger partial charge is 0.303 e. The molecule has 41 heavy (non-hydrogen) atoms. The summed E-state index contributed by atoms with van der Waals surface area (Å²) in [4.78, 5) is 71.4. The van der Waals surface area contributed by atoms with E-state index >= 15 is 0 Å². The Bertz CT molecular complexity index is 971. The average Bonchev–Trinajstić information content (AvgIpc) is 2.83. The van der Waals surface area contributed by atoms with Gasteiger partial charge in [0, 0.05) is 41.5 Å². The molecule has 0 spiro atoms. The maximum atomic E-state index is 12.2. The number of carbonyl (C=O) groups excluding carboxylic acids is 6. The molecule has 232 valence electrons. The molecule has 16 heteroatoms. The Labute approximate surface area is 241 Å².